The zero-order chi connectivity index (χ0) is 18.4. The van der Waals surface area contributed by atoms with Crippen LogP contribution in [0.15, 0.2) is 48.5 Å². The molecule has 25 heavy (non-hydrogen) atoms. The molecular weight excluding hydrogens is 336 g/mol. The first kappa shape index (κ1) is 19.4. The summed E-state index contributed by atoms with van der Waals surface area (Å²) >= 11 is 0. The Labute approximate surface area is 143 Å². The van der Waals surface area contributed by atoms with Gasteiger partial charge in [0.2, 0.25) is 0 Å². The van der Waals surface area contributed by atoms with Crippen molar-refractivity contribution >= 4 is 0 Å². The molecule has 0 heterocycles. The first-order chi connectivity index (χ1) is 11.8. The van der Waals surface area contributed by atoms with Crippen LogP contribution in [0, 0.1) is 5.82 Å². The zero-order valence-corrected chi connectivity index (χ0v) is 13.4. The zero-order valence-electron chi connectivity index (χ0n) is 13.4. The lowest BCUT2D eigenvalue weighted by Gasteiger charge is -2.19. The quantitative estimate of drug-likeness (QED) is 0.669. The number of rotatable bonds is 7. The molecule has 7 heteroatoms. The van der Waals surface area contributed by atoms with E-state index in [4.69, 9.17) is 5.73 Å². The van der Waals surface area contributed by atoms with E-state index in [0.29, 0.717) is 6.42 Å². The molecule has 2 aromatic carbocycles. The summed E-state index contributed by atoms with van der Waals surface area (Å²) in [6, 6.07) is 11.7. The van der Waals surface area contributed by atoms with Gasteiger partial charge in [0.1, 0.15) is 5.82 Å². The Hall–Kier alpha value is -1.96. The van der Waals surface area contributed by atoms with E-state index in [9.17, 15) is 22.7 Å². The fourth-order valence-corrected chi connectivity index (χ4v) is 2.44. The summed E-state index contributed by atoms with van der Waals surface area (Å²) in [5.74, 6) is -1.30. The molecule has 0 aliphatic rings. The van der Waals surface area contributed by atoms with Gasteiger partial charge in [0.15, 0.2) is 0 Å². The highest BCUT2D eigenvalue weighted by Crippen LogP contribution is 2.31. The van der Waals surface area contributed by atoms with Crippen LogP contribution in [0.2, 0.25) is 0 Å². The van der Waals surface area contributed by atoms with Crippen molar-refractivity contribution < 1.29 is 22.7 Å². The van der Waals surface area contributed by atoms with E-state index in [2.05, 4.69) is 5.32 Å². The van der Waals surface area contributed by atoms with Crippen LogP contribution in [0.1, 0.15) is 16.7 Å². The molecule has 2 rings (SSSR count). The lowest BCUT2D eigenvalue weighted by molar-refractivity contribution is -0.140. The Morgan fingerprint density at radius 1 is 1.04 bits per heavy atom. The van der Waals surface area contributed by atoms with Gasteiger partial charge in [0.25, 0.3) is 0 Å². The van der Waals surface area contributed by atoms with E-state index in [-0.39, 0.29) is 18.7 Å². The third-order valence-electron chi connectivity index (χ3n) is 3.83. The predicted molar refractivity (Wildman–Crippen MR) is 87.2 cm³/mol. The molecule has 0 bridgehead atoms. The van der Waals surface area contributed by atoms with Gasteiger partial charge in [-0.25, -0.2) is 4.39 Å². The van der Waals surface area contributed by atoms with Crippen LogP contribution in [0.3, 0.4) is 0 Å². The molecule has 0 saturated heterocycles. The van der Waals surface area contributed by atoms with E-state index in [1.165, 1.54) is 6.07 Å². The maximum Gasteiger partial charge on any atom is 0.419 e. The van der Waals surface area contributed by atoms with Crippen molar-refractivity contribution in [1.29, 1.82) is 0 Å². The van der Waals surface area contributed by atoms with Crippen LogP contribution in [0.25, 0.3) is 0 Å². The summed E-state index contributed by atoms with van der Waals surface area (Å²) in [4.78, 5) is 0. The number of nitrogens with one attached hydrogen (secondary N) is 1. The van der Waals surface area contributed by atoms with E-state index >= 15 is 0 Å². The second-order valence-electron chi connectivity index (χ2n) is 5.86. The Morgan fingerprint density at radius 3 is 2.36 bits per heavy atom. The summed E-state index contributed by atoms with van der Waals surface area (Å²) in [6.45, 7) is 0.186. The molecule has 0 aromatic heterocycles. The molecule has 0 fully saturated rings. The average Bonchev–Trinajstić information content (AvgIpc) is 2.56. The van der Waals surface area contributed by atoms with Crippen molar-refractivity contribution in [3.8, 4) is 0 Å². The lowest BCUT2D eigenvalue weighted by Crippen LogP contribution is -2.43. The minimum absolute atomic E-state index is 0.0679. The first-order valence-electron chi connectivity index (χ1n) is 7.81. The number of alkyl halides is 3. The Bertz CT molecular complexity index is 677. The van der Waals surface area contributed by atoms with Gasteiger partial charge in [-0.2, -0.15) is 13.2 Å². The molecule has 2 atom stereocenters. The molecule has 0 unspecified atom stereocenters. The molecule has 0 amide bonds. The second-order valence-corrected chi connectivity index (χ2v) is 5.86. The third-order valence-corrected chi connectivity index (χ3v) is 3.83. The summed E-state index contributed by atoms with van der Waals surface area (Å²) in [6.07, 6.45) is -5.11. The number of aliphatic hydroxyl groups excluding tert-OH is 1. The summed E-state index contributed by atoms with van der Waals surface area (Å²) in [7, 11) is 0. The number of benzene rings is 2. The first-order valence-corrected chi connectivity index (χ1v) is 7.81. The predicted octanol–water partition coefficient (Wildman–Crippen LogP) is 2.87. The van der Waals surface area contributed by atoms with Gasteiger partial charge < -0.3 is 16.2 Å². The number of halogens is 4. The fraction of sp³-hybridized carbons (Fsp3) is 0.333. The highest BCUT2D eigenvalue weighted by Gasteiger charge is 2.34. The van der Waals surface area contributed by atoms with E-state index < -0.39 is 29.7 Å². The number of hydrogen-bond acceptors (Lipinski definition) is 3. The van der Waals surface area contributed by atoms with E-state index in [1.807, 2.05) is 30.3 Å². The number of aliphatic hydroxyl groups is 1. The minimum atomic E-state index is -4.74. The van der Waals surface area contributed by atoms with Gasteiger partial charge >= 0.3 is 6.18 Å². The maximum absolute atomic E-state index is 13.2. The fourth-order valence-electron chi connectivity index (χ4n) is 2.44. The largest absolute Gasteiger partial charge is 0.419 e. The van der Waals surface area contributed by atoms with E-state index in [0.717, 1.165) is 17.7 Å². The molecule has 2 aromatic rings. The molecule has 0 saturated carbocycles. The van der Waals surface area contributed by atoms with Crippen molar-refractivity contribution in [1.82, 2.24) is 5.32 Å². The molecule has 136 valence electrons. The topological polar surface area (TPSA) is 58.3 Å². The van der Waals surface area contributed by atoms with Gasteiger partial charge in [-0.05, 0) is 29.7 Å². The van der Waals surface area contributed by atoms with Crippen LogP contribution in [-0.2, 0) is 19.1 Å². The summed E-state index contributed by atoms with van der Waals surface area (Å²) in [5.41, 5.74) is 5.91. The molecule has 0 radical (unpaired) electrons. The van der Waals surface area contributed by atoms with Gasteiger partial charge in [0, 0.05) is 19.1 Å². The standard InChI is InChI=1S/C18H20F4N2O/c19-15-7-6-13(8-14(15)18(20,21)22)10-24-11-17(25)16(23)9-12-4-2-1-3-5-12/h1-8,16-17,24-25H,9-11,23H2/t16-,17+/m0/s1. The minimum Gasteiger partial charge on any atom is -0.390 e. The smallest absolute Gasteiger partial charge is 0.390 e. The lowest BCUT2D eigenvalue weighted by atomic mass is 10.0. The van der Waals surface area contributed by atoms with Crippen LogP contribution in [0.5, 0.6) is 0 Å². The molecule has 3 nitrogen and oxygen atoms in total. The van der Waals surface area contributed by atoms with Crippen LogP contribution >= 0.6 is 0 Å². The molecular formula is C18H20F4N2O. The Kier molecular flexibility index (Phi) is 6.52. The Morgan fingerprint density at radius 2 is 1.72 bits per heavy atom. The maximum atomic E-state index is 13.2. The van der Waals surface area contributed by atoms with Crippen LogP contribution in [0.4, 0.5) is 17.6 Å². The van der Waals surface area contributed by atoms with Gasteiger partial charge in [0.05, 0.1) is 11.7 Å². The normalized spacial score (nSPS) is 14.3. The molecule has 0 aliphatic heterocycles. The summed E-state index contributed by atoms with van der Waals surface area (Å²) in [5, 5.41) is 12.9. The number of nitrogens with two attached hydrogens (primary N) is 1. The molecule has 0 aliphatic carbocycles. The van der Waals surface area contributed by atoms with Gasteiger partial charge in [-0.1, -0.05) is 36.4 Å². The molecule has 0 spiro atoms. The Balaban J connectivity index is 1.86. The highest BCUT2D eigenvalue weighted by molar-refractivity contribution is 5.27. The van der Waals surface area contributed by atoms with Gasteiger partial charge in [-0.3, -0.25) is 0 Å². The van der Waals surface area contributed by atoms with Crippen molar-refractivity contribution in [2.24, 2.45) is 5.73 Å². The number of hydrogen-bond donors (Lipinski definition) is 3. The monoisotopic (exact) mass is 356 g/mol. The van der Waals surface area contributed by atoms with Crippen molar-refractivity contribution in [2.45, 2.75) is 31.3 Å². The van der Waals surface area contributed by atoms with Crippen LogP contribution in [-0.4, -0.2) is 23.8 Å². The average molecular weight is 356 g/mol. The second kappa shape index (κ2) is 8.42. The van der Waals surface area contributed by atoms with Crippen molar-refractivity contribution in [2.75, 3.05) is 6.54 Å². The van der Waals surface area contributed by atoms with Crippen molar-refractivity contribution in [3.05, 3.63) is 71.0 Å². The van der Waals surface area contributed by atoms with Gasteiger partial charge in [-0.15, -0.1) is 0 Å². The SMILES string of the molecule is N[C@@H](Cc1ccccc1)[C@H](O)CNCc1ccc(F)c(C(F)(F)F)c1. The third kappa shape index (κ3) is 5.81. The van der Waals surface area contributed by atoms with E-state index in [1.54, 1.807) is 0 Å². The van der Waals surface area contributed by atoms with Crippen LogP contribution < -0.4 is 11.1 Å². The van der Waals surface area contributed by atoms with Crippen molar-refractivity contribution in [3.63, 3.8) is 0 Å². The molecule has 4 N–H and O–H groups in total. The highest BCUT2D eigenvalue weighted by atomic mass is 19.4. The summed E-state index contributed by atoms with van der Waals surface area (Å²) < 4.78 is 51.3.